The lowest BCUT2D eigenvalue weighted by atomic mass is 9.81. The van der Waals surface area contributed by atoms with Gasteiger partial charge in [-0.25, -0.2) is 0 Å². The molecule has 0 saturated heterocycles. The van der Waals surface area contributed by atoms with Crippen molar-refractivity contribution in [2.75, 3.05) is 6.61 Å². The highest BCUT2D eigenvalue weighted by Gasteiger charge is 2.46. The van der Waals surface area contributed by atoms with Crippen molar-refractivity contribution in [2.45, 2.75) is 37.1 Å². The van der Waals surface area contributed by atoms with Crippen LogP contribution in [0.5, 0.6) is 0 Å². The molecule has 2 aromatic rings. The number of fused-ring (bicyclic) bond motifs is 3. The van der Waals surface area contributed by atoms with Gasteiger partial charge in [0.15, 0.2) is 0 Å². The Kier molecular flexibility index (Phi) is 3.59. The molecule has 27 heavy (non-hydrogen) atoms. The summed E-state index contributed by atoms with van der Waals surface area (Å²) >= 11 is 0. The molecule has 5 rings (SSSR count). The van der Waals surface area contributed by atoms with Gasteiger partial charge < -0.3 is 5.11 Å². The highest BCUT2D eigenvalue weighted by atomic mass is 16.3. The van der Waals surface area contributed by atoms with Crippen LogP contribution in [0.25, 0.3) is 5.57 Å². The molecule has 4 nitrogen and oxygen atoms in total. The zero-order valence-corrected chi connectivity index (χ0v) is 15.0. The number of aliphatic hydroxyl groups excluding tert-OH is 1. The molecule has 2 aliphatic carbocycles. The fraction of sp³-hybridized carbons (Fsp3) is 0.304. The van der Waals surface area contributed by atoms with Crippen molar-refractivity contribution in [3.8, 4) is 0 Å². The van der Waals surface area contributed by atoms with E-state index in [4.69, 9.17) is 0 Å². The Labute approximate surface area is 158 Å². The van der Waals surface area contributed by atoms with E-state index in [-0.39, 0.29) is 23.8 Å². The largest absolute Gasteiger partial charge is 0.394 e. The minimum atomic E-state index is -0.654. The van der Waals surface area contributed by atoms with E-state index in [1.807, 2.05) is 12.1 Å². The number of allylic oxidation sites excluding steroid dienone is 1. The molecule has 0 aromatic heterocycles. The number of benzene rings is 2. The number of hydrogen-bond acceptors (Lipinski definition) is 3. The van der Waals surface area contributed by atoms with Gasteiger partial charge in [-0.05, 0) is 41.7 Å². The standard InChI is InChI=1S/C23H21NO3/c25-14-20(24-21(26)16-8-1-2-9-17(16)22(24)27)18-13-23(11-5-6-12-23)19-10-4-3-7-15(18)19/h1-4,7-10,13,20,25H,5-6,11-12,14H2. The molecule has 1 heterocycles. The number of imide groups is 1. The first-order valence-electron chi connectivity index (χ1n) is 9.57. The molecule has 1 spiro atoms. The summed E-state index contributed by atoms with van der Waals surface area (Å²) in [6.07, 6.45) is 6.74. The summed E-state index contributed by atoms with van der Waals surface area (Å²) in [6.45, 7) is -0.276. The van der Waals surface area contributed by atoms with E-state index in [1.165, 1.54) is 23.3 Å². The quantitative estimate of drug-likeness (QED) is 0.853. The molecule has 2 amide bonds. The number of aliphatic hydroxyl groups is 1. The number of carbonyl (C=O) groups is 2. The first-order chi connectivity index (χ1) is 13.2. The Morgan fingerprint density at radius 3 is 2.04 bits per heavy atom. The van der Waals surface area contributed by atoms with Crippen molar-refractivity contribution in [1.82, 2.24) is 4.90 Å². The molecule has 4 heteroatoms. The minimum absolute atomic E-state index is 0.0159. The zero-order chi connectivity index (χ0) is 18.6. The number of amides is 2. The summed E-state index contributed by atoms with van der Waals surface area (Å²) in [6, 6.07) is 14.5. The van der Waals surface area contributed by atoms with Crippen molar-refractivity contribution >= 4 is 17.4 Å². The van der Waals surface area contributed by atoms with Crippen LogP contribution in [0.4, 0.5) is 0 Å². The molecule has 1 fully saturated rings. The number of rotatable bonds is 3. The second-order valence-corrected chi connectivity index (χ2v) is 7.73. The molecule has 1 aliphatic heterocycles. The summed E-state index contributed by atoms with van der Waals surface area (Å²) in [5.74, 6) is -0.638. The van der Waals surface area contributed by atoms with E-state index in [1.54, 1.807) is 24.3 Å². The number of nitrogens with zero attached hydrogens (tertiary/aromatic N) is 1. The average Bonchev–Trinajstić information content (AvgIpc) is 3.37. The van der Waals surface area contributed by atoms with Crippen molar-refractivity contribution in [1.29, 1.82) is 0 Å². The third kappa shape index (κ3) is 2.20. The van der Waals surface area contributed by atoms with E-state index in [2.05, 4.69) is 18.2 Å². The van der Waals surface area contributed by atoms with Crippen LogP contribution in [0.2, 0.25) is 0 Å². The third-order valence-corrected chi connectivity index (χ3v) is 6.37. The first kappa shape index (κ1) is 16.5. The third-order valence-electron chi connectivity index (χ3n) is 6.37. The van der Waals surface area contributed by atoms with Crippen molar-refractivity contribution in [3.63, 3.8) is 0 Å². The van der Waals surface area contributed by atoms with E-state index < -0.39 is 6.04 Å². The first-order valence-corrected chi connectivity index (χ1v) is 9.57. The molecule has 136 valence electrons. The lowest BCUT2D eigenvalue weighted by molar-refractivity contribution is 0.0573. The second kappa shape index (κ2) is 5.89. The van der Waals surface area contributed by atoms with Gasteiger partial charge in [-0.3, -0.25) is 14.5 Å². The van der Waals surface area contributed by atoms with E-state index in [0.717, 1.165) is 24.0 Å². The fourth-order valence-corrected chi connectivity index (χ4v) is 5.13. The molecular weight excluding hydrogens is 338 g/mol. The Bertz CT molecular complexity index is 950. The molecule has 1 N–H and O–H groups in total. The van der Waals surface area contributed by atoms with Crippen molar-refractivity contribution in [2.24, 2.45) is 0 Å². The zero-order valence-electron chi connectivity index (χ0n) is 15.0. The molecule has 1 saturated carbocycles. The Morgan fingerprint density at radius 2 is 1.44 bits per heavy atom. The van der Waals surface area contributed by atoms with Crippen molar-refractivity contribution < 1.29 is 14.7 Å². The van der Waals surface area contributed by atoms with Gasteiger partial charge in [-0.2, -0.15) is 0 Å². The number of carbonyl (C=O) groups excluding carboxylic acids is 2. The van der Waals surface area contributed by atoms with Crippen molar-refractivity contribution in [3.05, 3.63) is 76.9 Å². The van der Waals surface area contributed by atoms with Crippen LogP contribution in [0.3, 0.4) is 0 Å². The lowest BCUT2D eigenvalue weighted by Gasteiger charge is -2.26. The molecule has 1 unspecified atom stereocenters. The van der Waals surface area contributed by atoms with E-state index in [9.17, 15) is 14.7 Å². The van der Waals surface area contributed by atoms with Crippen LogP contribution in [0, 0.1) is 0 Å². The molecule has 3 aliphatic rings. The number of hydrogen-bond donors (Lipinski definition) is 1. The Balaban J connectivity index is 1.62. The fourth-order valence-electron chi connectivity index (χ4n) is 5.13. The van der Waals surface area contributed by atoms with Crippen LogP contribution in [-0.4, -0.2) is 34.5 Å². The van der Waals surface area contributed by atoms with Gasteiger partial charge in [-0.1, -0.05) is 55.3 Å². The molecular formula is C23H21NO3. The van der Waals surface area contributed by atoms with Crippen LogP contribution < -0.4 is 0 Å². The van der Waals surface area contributed by atoms with Crippen LogP contribution >= 0.6 is 0 Å². The van der Waals surface area contributed by atoms with Gasteiger partial charge in [0, 0.05) is 5.41 Å². The summed E-state index contributed by atoms with van der Waals surface area (Å²) in [4.78, 5) is 27.2. The van der Waals surface area contributed by atoms with Crippen LogP contribution in [-0.2, 0) is 5.41 Å². The van der Waals surface area contributed by atoms with Crippen LogP contribution in [0.15, 0.2) is 54.6 Å². The Morgan fingerprint density at radius 1 is 0.889 bits per heavy atom. The van der Waals surface area contributed by atoms with Gasteiger partial charge in [0.1, 0.15) is 0 Å². The topological polar surface area (TPSA) is 57.6 Å². The normalized spacial score (nSPS) is 20.8. The maximum atomic E-state index is 13.0. The average molecular weight is 359 g/mol. The predicted molar refractivity (Wildman–Crippen MR) is 102 cm³/mol. The molecule has 2 aromatic carbocycles. The summed E-state index contributed by atoms with van der Waals surface area (Å²) in [5, 5.41) is 10.2. The highest BCUT2D eigenvalue weighted by molar-refractivity contribution is 6.22. The van der Waals surface area contributed by atoms with E-state index >= 15 is 0 Å². The van der Waals surface area contributed by atoms with E-state index in [0.29, 0.717) is 11.1 Å². The smallest absolute Gasteiger partial charge is 0.262 e. The maximum absolute atomic E-state index is 13.0. The second-order valence-electron chi connectivity index (χ2n) is 7.73. The summed E-state index contributed by atoms with van der Waals surface area (Å²) in [7, 11) is 0. The molecule has 0 bridgehead atoms. The highest BCUT2D eigenvalue weighted by Crippen LogP contribution is 2.51. The summed E-state index contributed by atoms with van der Waals surface area (Å²) in [5.41, 5.74) is 4.07. The Hall–Kier alpha value is -2.72. The maximum Gasteiger partial charge on any atom is 0.262 e. The van der Waals surface area contributed by atoms with Gasteiger partial charge in [0.05, 0.1) is 23.8 Å². The SMILES string of the molecule is O=C1c2ccccc2C(=O)N1C(CO)C1=CC2(CCCC2)c2ccccc21. The van der Waals surface area contributed by atoms with Gasteiger partial charge in [-0.15, -0.1) is 0 Å². The van der Waals surface area contributed by atoms with Gasteiger partial charge in [0.25, 0.3) is 11.8 Å². The predicted octanol–water partition coefficient (Wildman–Crippen LogP) is 3.55. The minimum Gasteiger partial charge on any atom is -0.394 e. The van der Waals surface area contributed by atoms with Gasteiger partial charge >= 0.3 is 0 Å². The summed E-state index contributed by atoms with van der Waals surface area (Å²) < 4.78 is 0. The monoisotopic (exact) mass is 359 g/mol. The van der Waals surface area contributed by atoms with Crippen LogP contribution in [0.1, 0.15) is 57.5 Å². The van der Waals surface area contributed by atoms with Gasteiger partial charge in [0.2, 0.25) is 0 Å². The lowest BCUT2D eigenvalue weighted by Crippen LogP contribution is -2.42. The molecule has 0 radical (unpaired) electrons. The molecule has 1 atom stereocenters.